The molecule has 0 unspecified atom stereocenters. The highest BCUT2D eigenvalue weighted by Gasteiger charge is 2.15. The second-order valence-electron chi connectivity index (χ2n) is 6.13. The third kappa shape index (κ3) is 2.91. The monoisotopic (exact) mass is 365 g/mol. The Labute approximate surface area is 153 Å². The molecule has 0 saturated heterocycles. The predicted octanol–water partition coefficient (Wildman–Crippen LogP) is 3.07. The van der Waals surface area contributed by atoms with Gasteiger partial charge < -0.3 is 10.5 Å². The molecule has 8 heteroatoms. The van der Waals surface area contributed by atoms with E-state index in [1.807, 2.05) is 26.2 Å². The first-order valence-corrected chi connectivity index (χ1v) is 8.17. The maximum atomic E-state index is 14.3. The Morgan fingerprint density at radius 2 is 2.00 bits per heavy atom. The van der Waals surface area contributed by atoms with E-state index in [1.165, 1.54) is 12.1 Å². The molecule has 136 valence electrons. The first-order chi connectivity index (χ1) is 12.9. The van der Waals surface area contributed by atoms with Gasteiger partial charge in [0.1, 0.15) is 5.52 Å². The average molecular weight is 365 g/mol. The molecule has 0 atom stereocenters. The fourth-order valence-corrected chi connectivity index (χ4v) is 2.86. The fraction of sp³-hybridized carbons (Fsp3) is 0.105. The molecule has 2 N–H and O–H groups in total. The van der Waals surface area contributed by atoms with E-state index in [0.29, 0.717) is 11.3 Å². The maximum Gasteiger partial charge on any atom is 0.248 e. The van der Waals surface area contributed by atoms with Gasteiger partial charge in [0.25, 0.3) is 0 Å². The van der Waals surface area contributed by atoms with E-state index in [9.17, 15) is 9.18 Å². The van der Waals surface area contributed by atoms with Crippen LogP contribution < -0.4 is 10.5 Å². The molecule has 3 heterocycles. The van der Waals surface area contributed by atoms with Crippen LogP contribution in [-0.2, 0) is 7.05 Å². The SMILES string of the molecule is Cc1c(-c2cc(Oc3ccc(C(N)=O)cc3F)c3ccnn3c2)cnn1C. The summed E-state index contributed by atoms with van der Waals surface area (Å²) in [6.45, 7) is 1.96. The lowest BCUT2D eigenvalue weighted by Gasteiger charge is -2.11. The van der Waals surface area contributed by atoms with Gasteiger partial charge in [-0.15, -0.1) is 0 Å². The van der Waals surface area contributed by atoms with E-state index in [2.05, 4.69) is 10.2 Å². The van der Waals surface area contributed by atoms with Gasteiger partial charge in [-0.1, -0.05) is 0 Å². The standard InChI is InChI=1S/C19H16FN5O2/c1-11-14(9-23-24(11)2)13-8-18(16-5-6-22-25(16)10-13)27-17-4-3-12(19(21)26)7-15(17)20/h3-10H,1-2H3,(H2,21,26). The third-order valence-corrected chi connectivity index (χ3v) is 4.45. The molecule has 0 aliphatic carbocycles. The summed E-state index contributed by atoms with van der Waals surface area (Å²) in [5.41, 5.74) is 8.67. The van der Waals surface area contributed by atoms with Gasteiger partial charge in [-0.25, -0.2) is 8.91 Å². The number of hydrogen-bond acceptors (Lipinski definition) is 4. The number of carbonyl (C=O) groups excluding carboxylic acids is 1. The summed E-state index contributed by atoms with van der Waals surface area (Å²) in [5.74, 6) is -0.957. The molecule has 0 saturated carbocycles. The molecule has 0 fully saturated rings. The van der Waals surface area contributed by atoms with Gasteiger partial charge in [0.15, 0.2) is 17.3 Å². The van der Waals surface area contributed by atoms with Crippen LogP contribution in [0.15, 0.2) is 48.9 Å². The highest BCUT2D eigenvalue weighted by atomic mass is 19.1. The lowest BCUT2D eigenvalue weighted by Crippen LogP contribution is -2.11. The number of nitrogens with two attached hydrogens (primary N) is 1. The normalized spacial score (nSPS) is 11.1. The number of aryl methyl sites for hydroxylation is 1. The van der Waals surface area contributed by atoms with Gasteiger partial charge in [-0.05, 0) is 37.3 Å². The summed E-state index contributed by atoms with van der Waals surface area (Å²) in [6.07, 6.45) is 5.25. The van der Waals surface area contributed by atoms with Crippen LogP contribution in [0, 0.1) is 12.7 Å². The van der Waals surface area contributed by atoms with Crippen molar-refractivity contribution in [3.63, 3.8) is 0 Å². The lowest BCUT2D eigenvalue weighted by atomic mass is 10.1. The number of halogens is 1. The summed E-state index contributed by atoms with van der Waals surface area (Å²) in [6, 6.07) is 7.43. The molecule has 0 bridgehead atoms. The number of amides is 1. The molecule has 0 radical (unpaired) electrons. The van der Waals surface area contributed by atoms with Crippen molar-refractivity contribution in [2.45, 2.75) is 6.92 Å². The fourth-order valence-electron chi connectivity index (χ4n) is 2.86. The van der Waals surface area contributed by atoms with Crippen LogP contribution in [0.1, 0.15) is 16.1 Å². The first-order valence-electron chi connectivity index (χ1n) is 8.17. The Morgan fingerprint density at radius 1 is 1.19 bits per heavy atom. The number of rotatable bonds is 4. The van der Waals surface area contributed by atoms with Gasteiger partial charge in [-0.2, -0.15) is 10.2 Å². The van der Waals surface area contributed by atoms with Crippen molar-refractivity contribution in [2.24, 2.45) is 12.8 Å². The van der Waals surface area contributed by atoms with Crippen molar-refractivity contribution in [2.75, 3.05) is 0 Å². The second kappa shape index (κ2) is 6.24. The Kier molecular flexibility index (Phi) is 3.88. The highest BCUT2D eigenvalue weighted by Crippen LogP contribution is 2.33. The smallest absolute Gasteiger partial charge is 0.248 e. The predicted molar refractivity (Wildman–Crippen MR) is 97.1 cm³/mol. The zero-order valence-corrected chi connectivity index (χ0v) is 14.7. The number of aromatic nitrogens is 4. The number of primary amides is 1. The van der Waals surface area contributed by atoms with E-state index in [-0.39, 0.29) is 11.3 Å². The lowest BCUT2D eigenvalue weighted by molar-refractivity contribution is 0.1000. The van der Waals surface area contributed by atoms with Gasteiger partial charge in [0.05, 0.1) is 12.4 Å². The van der Waals surface area contributed by atoms with Crippen molar-refractivity contribution in [1.29, 1.82) is 0 Å². The van der Waals surface area contributed by atoms with Crippen LogP contribution in [-0.4, -0.2) is 25.3 Å². The molecule has 3 aromatic heterocycles. The Balaban J connectivity index is 1.81. The number of pyridine rings is 1. The maximum absolute atomic E-state index is 14.3. The summed E-state index contributed by atoms with van der Waals surface area (Å²) in [5, 5.41) is 8.51. The molecule has 1 amide bonds. The summed E-state index contributed by atoms with van der Waals surface area (Å²) in [4.78, 5) is 11.2. The van der Waals surface area contributed by atoms with E-state index >= 15 is 0 Å². The van der Waals surface area contributed by atoms with E-state index in [0.717, 1.165) is 22.9 Å². The van der Waals surface area contributed by atoms with Gasteiger partial charge in [0.2, 0.25) is 5.91 Å². The summed E-state index contributed by atoms with van der Waals surface area (Å²) in [7, 11) is 1.86. The molecule has 0 spiro atoms. The molecule has 27 heavy (non-hydrogen) atoms. The van der Waals surface area contributed by atoms with E-state index in [4.69, 9.17) is 10.5 Å². The van der Waals surface area contributed by atoms with Crippen LogP contribution in [0.5, 0.6) is 11.5 Å². The number of ether oxygens (including phenoxy) is 1. The van der Waals surface area contributed by atoms with Crippen LogP contribution in [0.25, 0.3) is 16.6 Å². The number of hydrogen-bond donors (Lipinski definition) is 1. The Morgan fingerprint density at radius 3 is 2.67 bits per heavy atom. The van der Waals surface area contributed by atoms with E-state index in [1.54, 1.807) is 27.7 Å². The molecule has 4 aromatic rings. The van der Waals surface area contributed by atoms with Crippen molar-refractivity contribution >= 4 is 11.4 Å². The molecular weight excluding hydrogens is 349 g/mol. The minimum absolute atomic E-state index is 0.0110. The van der Waals surface area contributed by atoms with Gasteiger partial charge in [0, 0.05) is 35.6 Å². The summed E-state index contributed by atoms with van der Waals surface area (Å²) < 4.78 is 23.6. The number of carbonyl (C=O) groups is 1. The average Bonchev–Trinajstić information content (AvgIpc) is 3.23. The molecule has 0 aliphatic heterocycles. The van der Waals surface area contributed by atoms with Gasteiger partial charge >= 0.3 is 0 Å². The highest BCUT2D eigenvalue weighted by molar-refractivity contribution is 5.92. The number of benzene rings is 1. The van der Waals surface area contributed by atoms with Crippen LogP contribution >= 0.6 is 0 Å². The van der Waals surface area contributed by atoms with E-state index < -0.39 is 11.7 Å². The minimum atomic E-state index is -0.701. The van der Waals surface area contributed by atoms with Crippen molar-refractivity contribution in [3.8, 4) is 22.6 Å². The molecular formula is C19H16FN5O2. The number of fused-ring (bicyclic) bond motifs is 1. The quantitative estimate of drug-likeness (QED) is 0.602. The van der Waals surface area contributed by atoms with Gasteiger partial charge in [-0.3, -0.25) is 9.48 Å². The van der Waals surface area contributed by atoms with Crippen molar-refractivity contribution in [3.05, 3.63) is 66.0 Å². The van der Waals surface area contributed by atoms with Crippen LogP contribution in [0.3, 0.4) is 0 Å². The largest absolute Gasteiger partial charge is 0.452 e. The first kappa shape index (κ1) is 16.8. The molecule has 1 aromatic carbocycles. The molecule has 4 rings (SSSR count). The zero-order valence-electron chi connectivity index (χ0n) is 14.7. The van der Waals surface area contributed by atoms with Crippen LogP contribution in [0.2, 0.25) is 0 Å². The number of nitrogens with zero attached hydrogens (tertiary/aromatic N) is 4. The van der Waals surface area contributed by atoms with Crippen molar-refractivity contribution < 1.29 is 13.9 Å². The zero-order chi connectivity index (χ0) is 19.1. The topological polar surface area (TPSA) is 87.4 Å². The Bertz CT molecular complexity index is 1180. The molecule has 7 nitrogen and oxygen atoms in total. The summed E-state index contributed by atoms with van der Waals surface area (Å²) >= 11 is 0. The second-order valence-corrected chi connectivity index (χ2v) is 6.13. The van der Waals surface area contributed by atoms with Crippen LogP contribution in [0.4, 0.5) is 4.39 Å². The minimum Gasteiger partial charge on any atom is -0.452 e. The Hall–Kier alpha value is -3.68. The van der Waals surface area contributed by atoms with Crippen molar-refractivity contribution in [1.82, 2.24) is 19.4 Å². The molecule has 0 aliphatic rings. The third-order valence-electron chi connectivity index (χ3n) is 4.45.